The van der Waals surface area contributed by atoms with E-state index in [0.717, 1.165) is 49.9 Å². The summed E-state index contributed by atoms with van der Waals surface area (Å²) in [5.41, 5.74) is 10.0. The van der Waals surface area contributed by atoms with Crippen LogP contribution in [0.5, 0.6) is 0 Å². The molecule has 2 aliphatic carbocycles. The summed E-state index contributed by atoms with van der Waals surface area (Å²) in [5.74, 6) is -1.43. The first-order chi connectivity index (χ1) is 14.7. The number of carbonyl (C=O) groups is 1. The van der Waals surface area contributed by atoms with Crippen molar-refractivity contribution in [3.05, 3.63) is 40.5 Å². The summed E-state index contributed by atoms with van der Waals surface area (Å²) in [5, 5.41) is 17.9. The Bertz CT molecular complexity index is 990. The van der Waals surface area contributed by atoms with Crippen molar-refractivity contribution in [2.24, 2.45) is 11.1 Å². The van der Waals surface area contributed by atoms with Crippen molar-refractivity contribution in [1.29, 1.82) is 0 Å². The summed E-state index contributed by atoms with van der Waals surface area (Å²) < 4.78 is 17.0. The molecule has 0 bridgehead atoms. The summed E-state index contributed by atoms with van der Waals surface area (Å²) in [6, 6.07) is 3.22. The molecule has 6 nitrogen and oxygen atoms in total. The molecule has 1 saturated carbocycles. The molecule has 1 aromatic heterocycles. The Labute approximate surface area is 183 Å². The van der Waals surface area contributed by atoms with Gasteiger partial charge in [-0.2, -0.15) is 5.10 Å². The highest BCUT2D eigenvalue weighted by atomic mass is 19.1. The number of aliphatic hydroxyl groups excluding tert-OH is 1. The van der Waals surface area contributed by atoms with Gasteiger partial charge in [0.25, 0.3) is 5.91 Å². The Balaban J connectivity index is 1.77. The third kappa shape index (κ3) is 4.33. The van der Waals surface area contributed by atoms with E-state index in [1.54, 1.807) is 6.07 Å². The summed E-state index contributed by atoms with van der Waals surface area (Å²) in [7, 11) is 0. The number of amides is 1. The van der Waals surface area contributed by atoms with Crippen molar-refractivity contribution >= 4 is 11.6 Å². The molecule has 1 fully saturated rings. The fourth-order valence-electron chi connectivity index (χ4n) is 5.03. The van der Waals surface area contributed by atoms with E-state index in [1.807, 2.05) is 4.68 Å². The molecular weight excluding hydrogens is 395 g/mol. The predicted octanol–water partition coefficient (Wildman–Crippen LogP) is 3.90. The number of primary amides is 1. The van der Waals surface area contributed by atoms with E-state index in [-0.39, 0.29) is 23.1 Å². The fraction of sp³-hybridized carbons (Fsp3) is 0.583. The minimum atomic E-state index is -0.791. The lowest BCUT2D eigenvalue weighted by Crippen LogP contribution is -2.30. The lowest BCUT2D eigenvalue weighted by atomic mass is 9.76. The molecular formula is C24H33FN4O2. The molecule has 4 N–H and O–H groups in total. The predicted molar refractivity (Wildman–Crippen MR) is 119 cm³/mol. The topological polar surface area (TPSA) is 93.2 Å². The summed E-state index contributed by atoms with van der Waals surface area (Å²) in [6.07, 6.45) is 6.39. The number of benzene rings is 1. The van der Waals surface area contributed by atoms with Crippen molar-refractivity contribution in [3.63, 3.8) is 0 Å². The zero-order valence-electron chi connectivity index (χ0n) is 18.7. The number of rotatable bonds is 5. The van der Waals surface area contributed by atoms with Gasteiger partial charge in [-0.05, 0) is 68.4 Å². The van der Waals surface area contributed by atoms with Crippen LogP contribution in [-0.4, -0.2) is 32.9 Å². The van der Waals surface area contributed by atoms with Crippen LogP contribution in [0.1, 0.15) is 80.2 Å². The Morgan fingerprint density at radius 3 is 2.68 bits per heavy atom. The van der Waals surface area contributed by atoms with Gasteiger partial charge in [0, 0.05) is 17.8 Å². The van der Waals surface area contributed by atoms with Crippen LogP contribution in [0.2, 0.25) is 0 Å². The third-order valence-corrected chi connectivity index (χ3v) is 6.83. The molecule has 0 aliphatic heterocycles. The van der Waals surface area contributed by atoms with Gasteiger partial charge in [-0.15, -0.1) is 0 Å². The van der Waals surface area contributed by atoms with Crippen LogP contribution in [0.15, 0.2) is 12.1 Å². The number of aryl methyl sites for hydroxylation is 1. The van der Waals surface area contributed by atoms with Gasteiger partial charge >= 0.3 is 0 Å². The van der Waals surface area contributed by atoms with Crippen LogP contribution < -0.4 is 11.1 Å². The van der Waals surface area contributed by atoms with E-state index < -0.39 is 11.7 Å². The van der Waals surface area contributed by atoms with E-state index in [2.05, 4.69) is 26.1 Å². The summed E-state index contributed by atoms with van der Waals surface area (Å²) in [4.78, 5) is 12.0. The smallest absolute Gasteiger partial charge is 0.253 e. The van der Waals surface area contributed by atoms with Gasteiger partial charge in [-0.25, -0.2) is 9.07 Å². The number of nitrogens with zero attached hydrogens (tertiary/aromatic N) is 2. The van der Waals surface area contributed by atoms with Crippen LogP contribution in [-0.2, 0) is 19.3 Å². The number of nitrogens with two attached hydrogens (primary N) is 1. The van der Waals surface area contributed by atoms with Crippen molar-refractivity contribution < 1.29 is 14.3 Å². The Morgan fingerprint density at radius 2 is 2.03 bits per heavy atom. The lowest BCUT2D eigenvalue weighted by molar-refractivity contribution is 0.0996. The number of fused-ring (bicyclic) bond motifs is 1. The molecule has 2 aliphatic rings. The van der Waals surface area contributed by atoms with Crippen molar-refractivity contribution in [3.8, 4) is 5.69 Å². The monoisotopic (exact) mass is 428 g/mol. The molecule has 0 spiro atoms. The zero-order valence-corrected chi connectivity index (χ0v) is 18.7. The van der Waals surface area contributed by atoms with Gasteiger partial charge in [0.15, 0.2) is 0 Å². The second-order valence-electron chi connectivity index (χ2n) is 9.84. The second-order valence-corrected chi connectivity index (χ2v) is 9.84. The number of hydrogen-bond acceptors (Lipinski definition) is 4. The van der Waals surface area contributed by atoms with Crippen molar-refractivity contribution in [2.45, 2.75) is 84.3 Å². The van der Waals surface area contributed by atoms with Gasteiger partial charge < -0.3 is 16.2 Å². The van der Waals surface area contributed by atoms with E-state index in [4.69, 9.17) is 10.8 Å². The maximum Gasteiger partial charge on any atom is 0.253 e. The molecule has 0 atom stereocenters. The molecule has 0 radical (unpaired) electrons. The van der Waals surface area contributed by atoms with Gasteiger partial charge in [-0.1, -0.05) is 20.8 Å². The number of halogens is 1. The van der Waals surface area contributed by atoms with Crippen LogP contribution >= 0.6 is 0 Å². The van der Waals surface area contributed by atoms with E-state index in [0.29, 0.717) is 24.2 Å². The molecule has 1 amide bonds. The van der Waals surface area contributed by atoms with Crippen LogP contribution in [0, 0.1) is 11.2 Å². The number of anilines is 1. The molecule has 1 heterocycles. The average Bonchev–Trinajstić information content (AvgIpc) is 3.05. The van der Waals surface area contributed by atoms with Crippen molar-refractivity contribution in [2.75, 3.05) is 5.32 Å². The molecule has 168 valence electrons. The van der Waals surface area contributed by atoms with Crippen LogP contribution in [0.4, 0.5) is 10.1 Å². The molecule has 2 aromatic rings. The number of aliphatic hydroxyl groups is 1. The number of aromatic nitrogens is 2. The SMILES string of the molecule is CCc1nn(-c2cc(F)c(C(N)=O)c(NC3CCC(O)CC3)c2)c2c1CCC(C)(C)C2. The molecule has 1 aromatic carbocycles. The quantitative estimate of drug-likeness (QED) is 0.673. The normalized spacial score (nSPS) is 22.7. The number of hydrogen-bond donors (Lipinski definition) is 3. The first kappa shape index (κ1) is 21.8. The van der Waals surface area contributed by atoms with E-state index in [1.165, 1.54) is 11.6 Å². The minimum absolute atomic E-state index is 0.0628. The molecule has 4 rings (SSSR count). The average molecular weight is 429 g/mol. The molecule has 0 saturated heterocycles. The highest BCUT2D eigenvalue weighted by Gasteiger charge is 2.31. The molecule has 31 heavy (non-hydrogen) atoms. The minimum Gasteiger partial charge on any atom is -0.393 e. The Kier molecular flexibility index (Phi) is 5.81. The fourth-order valence-corrected chi connectivity index (χ4v) is 5.03. The highest BCUT2D eigenvalue weighted by molar-refractivity contribution is 5.99. The maximum atomic E-state index is 15.1. The molecule has 0 unspecified atom stereocenters. The first-order valence-electron chi connectivity index (χ1n) is 11.4. The second kappa shape index (κ2) is 8.26. The summed E-state index contributed by atoms with van der Waals surface area (Å²) >= 11 is 0. The van der Waals surface area contributed by atoms with Gasteiger partial charge in [0.05, 0.1) is 28.7 Å². The standard InChI is InChI=1S/C24H33FN4O2/c1-4-19-17-9-10-24(2,3)13-21(17)29(28-19)15-11-18(25)22(23(26)31)20(12-15)27-14-5-7-16(30)8-6-14/h11-12,14,16,27,30H,4-10,13H2,1-3H3,(H2,26,31). The van der Waals surface area contributed by atoms with Gasteiger partial charge in [-0.3, -0.25) is 4.79 Å². The zero-order chi connectivity index (χ0) is 22.3. The van der Waals surface area contributed by atoms with Gasteiger partial charge in [0.2, 0.25) is 0 Å². The maximum absolute atomic E-state index is 15.1. The first-order valence-corrected chi connectivity index (χ1v) is 11.4. The van der Waals surface area contributed by atoms with E-state index >= 15 is 4.39 Å². The molecule has 7 heteroatoms. The largest absolute Gasteiger partial charge is 0.393 e. The van der Waals surface area contributed by atoms with Gasteiger partial charge in [0.1, 0.15) is 5.82 Å². The van der Waals surface area contributed by atoms with E-state index in [9.17, 15) is 9.90 Å². The van der Waals surface area contributed by atoms with Crippen LogP contribution in [0.25, 0.3) is 5.69 Å². The lowest BCUT2D eigenvalue weighted by Gasteiger charge is -2.30. The van der Waals surface area contributed by atoms with Crippen LogP contribution in [0.3, 0.4) is 0 Å². The third-order valence-electron chi connectivity index (χ3n) is 6.83. The Morgan fingerprint density at radius 1 is 1.32 bits per heavy atom. The summed E-state index contributed by atoms with van der Waals surface area (Å²) in [6.45, 7) is 6.59. The number of carbonyl (C=O) groups excluding carboxylic acids is 1. The van der Waals surface area contributed by atoms with Crippen molar-refractivity contribution in [1.82, 2.24) is 9.78 Å². The highest BCUT2D eigenvalue weighted by Crippen LogP contribution is 2.38. The number of nitrogens with one attached hydrogen (secondary N) is 1. The Hall–Kier alpha value is -2.41.